The van der Waals surface area contributed by atoms with Gasteiger partial charge in [-0.15, -0.1) is 0 Å². The Kier molecular flexibility index (Phi) is 21.5. The summed E-state index contributed by atoms with van der Waals surface area (Å²) in [5.74, 6) is 3.56. The van der Waals surface area contributed by atoms with E-state index < -0.39 is 0 Å². The molecule has 119 heavy (non-hydrogen) atoms. The summed E-state index contributed by atoms with van der Waals surface area (Å²) < 4.78 is 0. The zero-order chi connectivity index (χ0) is 87.3. The number of rotatable bonds is 2. The van der Waals surface area contributed by atoms with Crippen LogP contribution in [-0.2, 0) is 75.4 Å². The molecule has 0 fully saturated rings. The summed E-state index contributed by atoms with van der Waals surface area (Å²) in [5.41, 5.74) is 49.3. The minimum Gasteiger partial charge on any atom is -0.0614 e. The maximum absolute atomic E-state index is 2.55. The molecule has 0 heteroatoms. The Hall–Kier alpha value is -7.80. The number of hydrogen-bond acceptors (Lipinski definition) is 0. The van der Waals surface area contributed by atoms with Crippen LogP contribution in [0.25, 0.3) is 55.6 Å². The van der Waals surface area contributed by atoms with E-state index in [1.54, 1.807) is 55.6 Å². The molecule has 0 aromatic heterocycles. The normalized spacial score (nSPS) is 19.5. The summed E-state index contributed by atoms with van der Waals surface area (Å²) in [5, 5.41) is 0. The van der Waals surface area contributed by atoms with E-state index in [1.165, 1.54) is 149 Å². The van der Waals surface area contributed by atoms with Crippen molar-refractivity contribution in [3.63, 3.8) is 0 Å². The van der Waals surface area contributed by atoms with Gasteiger partial charge in [0.2, 0.25) is 0 Å². The second-order valence-corrected chi connectivity index (χ2v) is 50.3. The summed E-state index contributed by atoms with van der Waals surface area (Å²) in [6, 6.07) is 68.6. The number of fused-ring (bicyclic) bond motifs is 14. The molecule has 0 radical (unpaired) electrons. The van der Waals surface area contributed by atoms with Crippen molar-refractivity contribution in [1.29, 1.82) is 0 Å². The molecule has 0 heterocycles. The van der Waals surface area contributed by atoms with Gasteiger partial charge in [0.15, 0.2) is 0 Å². The lowest BCUT2D eigenvalue weighted by atomic mass is 9.63. The smallest absolute Gasteiger partial charge is 0.0161 e. The van der Waals surface area contributed by atoms with Crippen LogP contribution in [0.3, 0.4) is 0 Å². The summed E-state index contributed by atoms with van der Waals surface area (Å²) >= 11 is 0. The van der Waals surface area contributed by atoms with Crippen LogP contribution < -0.4 is 0 Å². The van der Waals surface area contributed by atoms with Crippen LogP contribution in [0.15, 0.2) is 176 Å². The van der Waals surface area contributed by atoms with E-state index in [9.17, 15) is 0 Å². The highest BCUT2D eigenvalue weighted by molar-refractivity contribution is 5.86. The van der Waals surface area contributed by atoms with Gasteiger partial charge in [0.25, 0.3) is 0 Å². The fourth-order valence-corrected chi connectivity index (χ4v) is 21.5. The average Bonchev–Trinajstić information content (AvgIpc) is 1.56. The van der Waals surface area contributed by atoms with Gasteiger partial charge in [-0.05, 0) is 288 Å². The Morgan fingerprint density at radius 1 is 0.210 bits per heavy atom. The van der Waals surface area contributed by atoms with Crippen molar-refractivity contribution in [3.05, 3.63) is 293 Å². The molecule has 10 aromatic carbocycles. The molecule has 628 valence electrons. The van der Waals surface area contributed by atoms with Crippen molar-refractivity contribution in [3.8, 4) is 55.6 Å². The minimum absolute atomic E-state index is 0.0849. The first-order valence-electron chi connectivity index (χ1n) is 46.0. The van der Waals surface area contributed by atoms with Gasteiger partial charge in [-0.2, -0.15) is 0 Å². The quantitative estimate of drug-likeness (QED) is 0.162. The predicted molar refractivity (Wildman–Crippen MR) is 519 cm³/mol. The van der Waals surface area contributed by atoms with Gasteiger partial charge in [-0.3, -0.25) is 0 Å². The molecule has 18 rings (SSSR count). The molecule has 0 bridgehead atoms. The first-order valence-corrected chi connectivity index (χ1v) is 46.0. The summed E-state index contributed by atoms with van der Waals surface area (Å²) in [6.07, 6.45) is 6.17. The standard InChI is InChI=1S/3C25H32.2C22H28/c1-23(2,3)16-9-10-20-19(13-16)18-11-15-12-21(24(4,5)6)17(15)14-22(18)25(20,7)8;1-23(2,3)16-9-10-17-19-11-15-12-20(24(4,5)6)18(15)14-22(19)25(7,8)21(17)13-16;1-23(2,3)19-11-9-10-16-18-12-15-13-20(24(4,5)6)17(15)14-21(18)25(7,8)22(16)19;1-21(2,3)18-10-7-15(8-11-18)16-9-12-19-17(13-16)14-20(19)22(4,5)6;1-21(2,3)18-9-7-8-15(13-18)16-10-11-19-17(12-16)14-20(19)22(4,5)6/h9-11,13-14,21H,12H2,1-8H3;9-11,13-14,20H,12H2,1-8H3;9-12,14,20H,13H2,1-8H3;2*7-13,20H,14H2,1-6H3. The molecule has 0 nitrogen and oxygen atoms in total. The molecule has 10 aromatic rings. The van der Waals surface area contributed by atoms with Crippen molar-refractivity contribution in [2.75, 3.05) is 0 Å². The molecule has 0 aliphatic heterocycles. The average molecular weight is 1580 g/mol. The van der Waals surface area contributed by atoms with Crippen LogP contribution >= 0.6 is 0 Å². The lowest BCUT2D eigenvalue weighted by molar-refractivity contribution is 0.291. The molecule has 8 aliphatic rings. The molecule has 8 aliphatic carbocycles. The zero-order valence-corrected chi connectivity index (χ0v) is 81.2. The molecule has 0 saturated carbocycles. The van der Waals surface area contributed by atoms with Crippen LogP contribution in [0.4, 0.5) is 0 Å². The lowest BCUT2D eigenvalue weighted by Crippen LogP contribution is -2.30. The summed E-state index contributed by atoms with van der Waals surface area (Å²) in [6.45, 7) is 84.4. The Morgan fingerprint density at radius 2 is 0.521 bits per heavy atom. The molecule has 0 saturated heterocycles. The van der Waals surface area contributed by atoms with Gasteiger partial charge in [-0.25, -0.2) is 0 Å². The monoisotopic (exact) mass is 1580 g/mol. The summed E-state index contributed by atoms with van der Waals surface area (Å²) in [4.78, 5) is 0. The van der Waals surface area contributed by atoms with E-state index in [1.807, 2.05) is 0 Å². The molecule has 5 unspecified atom stereocenters. The van der Waals surface area contributed by atoms with Crippen molar-refractivity contribution in [2.45, 2.75) is 354 Å². The third-order valence-electron chi connectivity index (χ3n) is 30.0. The Bertz CT molecular complexity index is 5570. The topological polar surface area (TPSA) is 0 Å². The third-order valence-corrected chi connectivity index (χ3v) is 30.0. The highest BCUT2D eigenvalue weighted by Gasteiger charge is 2.47. The van der Waals surface area contributed by atoms with Gasteiger partial charge >= 0.3 is 0 Å². The lowest BCUT2D eigenvalue weighted by Gasteiger charge is -2.41. The van der Waals surface area contributed by atoms with Gasteiger partial charge in [0, 0.05) is 16.2 Å². The van der Waals surface area contributed by atoms with Crippen LogP contribution in [0, 0.1) is 27.1 Å². The fraction of sp³-hybridized carbons (Fsp3) is 0.496. The van der Waals surface area contributed by atoms with Crippen molar-refractivity contribution >= 4 is 0 Å². The van der Waals surface area contributed by atoms with Crippen molar-refractivity contribution < 1.29 is 0 Å². The minimum atomic E-state index is 0.0849. The first kappa shape index (κ1) is 87.5. The summed E-state index contributed by atoms with van der Waals surface area (Å²) in [7, 11) is 0. The van der Waals surface area contributed by atoms with E-state index in [0.29, 0.717) is 44.8 Å². The van der Waals surface area contributed by atoms with Crippen LogP contribution in [-0.4, -0.2) is 0 Å². The van der Waals surface area contributed by atoms with E-state index >= 15 is 0 Å². The Morgan fingerprint density at radius 3 is 0.933 bits per heavy atom. The maximum atomic E-state index is 2.55. The molecule has 0 N–H and O–H groups in total. The van der Waals surface area contributed by atoms with E-state index in [-0.39, 0.29) is 43.3 Å². The highest BCUT2D eigenvalue weighted by Crippen LogP contribution is 2.61. The zero-order valence-electron chi connectivity index (χ0n) is 81.2. The second-order valence-electron chi connectivity index (χ2n) is 50.3. The van der Waals surface area contributed by atoms with Gasteiger partial charge < -0.3 is 0 Å². The molecule has 5 atom stereocenters. The molecule has 0 amide bonds. The van der Waals surface area contributed by atoms with E-state index in [2.05, 4.69) is 425 Å². The molecular formula is C119H152. The van der Waals surface area contributed by atoms with Crippen LogP contribution in [0.2, 0.25) is 0 Å². The van der Waals surface area contributed by atoms with Gasteiger partial charge in [-0.1, -0.05) is 425 Å². The van der Waals surface area contributed by atoms with Crippen molar-refractivity contribution in [2.24, 2.45) is 27.1 Å². The number of benzene rings is 10. The highest BCUT2D eigenvalue weighted by atomic mass is 14.5. The van der Waals surface area contributed by atoms with E-state index in [4.69, 9.17) is 0 Å². The largest absolute Gasteiger partial charge is 0.0614 e. The molecule has 0 spiro atoms. The van der Waals surface area contributed by atoms with Crippen molar-refractivity contribution in [1.82, 2.24) is 0 Å². The maximum Gasteiger partial charge on any atom is 0.0161 e. The predicted octanol–water partition coefficient (Wildman–Crippen LogP) is 33.6. The fourth-order valence-electron chi connectivity index (χ4n) is 21.5. The van der Waals surface area contributed by atoms with E-state index in [0.717, 1.165) is 11.8 Å². The van der Waals surface area contributed by atoms with Crippen LogP contribution in [0.1, 0.15) is 396 Å². The van der Waals surface area contributed by atoms with Gasteiger partial charge in [0.05, 0.1) is 0 Å². The SMILES string of the molecule is CC(C)(C)c1ccc(-c2ccc3c(c2)CC3C(C)(C)C)cc1.CC(C)(C)c1ccc2c(c1)-c1cc3c(cc1C2(C)C)C(C(C)(C)C)C3.CC(C)(C)c1ccc2c(c1)C(C)(C)c1cc3c(cc1-2)CC3C(C)(C)C.CC(C)(C)c1cccc(-c2ccc3c(c2)CC3C(C)(C)C)c1.CC(C)(C)c1cccc2c1C(C)(C)c1cc3c(cc1-2)CC3C(C)(C)C. The number of hydrogen-bond donors (Lipinski definition) is 0. The van der Waals surface area contributed by atoms with Gasteiger partial charge in [0.1, 0.15) is 0 Å². The van der Waals surface area contributed by atoms with Crippen LogP contribution in [0.5, 0.6) is 0 Å². The Balaban J connectivity index is 0.000000122. The third kappa shape index (κ3) is 16.2. The molecular weight excluding hydrogens is 1430 g/mol. The Labute approximate surface area is 724 Å². The first-order chi connectivity index (χ1) is 54.5. The second kappa shape index (κ2) is 29.2.